The Labute approximate surface area is 176 Å². The van der Waals surface area contributed by atoms with Gasteiger partial charge in [0.1, 0.15) is 5.82 Å². The first-order valence-electron chi connectivity index (χ1n) is 9.81. The molecule has 0 spiro atoms. The quantitative estimate of drug-likeness (QED) is 0.583. The normalized spacial score (nSPS) is 10.4. The van der Waals surface area contributed by atoms with E-state index in [9.17, 15) is 4.79 Å². The van der Waals surface area contributed by atoms with Crippen LogP contribution in [0.5, 0.6) is 5.88 Å². The molecule has 0 atom stereocenters. The largest absolute Gasteiger partial charge is 0.481 e. The van der Waals surface area contributed by atoms with E-state index in [1.165, 1.54) is 13.3 Å². The lowest BCUT2D eigenvalue weighted by atomic mass is 10.2. The molecule has 0 aliphatic carbocycles. The molecule has 1 amide bonds. The maximum atomic E-state index is 12.4. The molecule has 2 aromatic heterocycles. The van der Waals surface area contributed by atoms with Crippen LogP contribution in [0.15, 0.2) is 48.7 Å². The van der Waals surface area contributed by atoms with Crippen LogP contribution in [0.2, 0.25) is 0 Å². The van der Waals surface area contributed by atoms with Crippen LogP contribution in [0.3, 0.4) is 0 Å². The Morgan fingerprint density at radius 1 is 1.03 bits per heavy atom. The summed E-state index contributed by atoms with van der Waals surface area (Å²) in [6.45, 7) is 7.91. The molecule has 0 unspecified atom stereocenters. The van der Waals surface area contributed by atoms with Gasteiger partial charge in [0.2, 0.25) is 11.8 Å². The summed E-state index contributed by atoms with van der Waals surface area (Å²) in [5.74, 6) is 1.66. The summed E-state index contributed by atoms with van der Waals surface area (Å²) in [6, 6.07) is 12.7. The van der Waals surface area contributed by atoms with Gasteiger partial charge in [0, 0.05) is 48.5 Å². The van der Waals surface area contributed by atoms with Crippen molar-refractivity contribution in [3.05, 3.63) is 59.9 Å². The fraction of sp³-hybridized carbons (Fsp3) is 0.273. The van der Waals surface area contributed by atoms with Gasteiger partial charge < -0.3 is 20.3 Å². The highest BCUT2D eigenvalue weighted by Crippen LogP contribution is 2.20. The van der Waals surface area contributed by atoms with Gasteiger partial charge in [-0.1, -0.05) is 0 Å². The third-order valence-corrected chi connectivity index (χ3v) is 4.53. The molecule has 8 nitrogen and oxygen atoms in total. The number of anilines is 4. The third-order valence-electron chi connectivity index (χ3n) is 4.53. The van der Waals surface area contributed by atoms with Crippen molar-refractivity contribution in [2.45, 2.75) is 20.8 Å². The number of hydrogen-bond donors (Lipinski definition) is 2. The summed E-state index contributed by atoms with van der Waals surface area (Å²) in [6.07, 6.45) is 1.48. The molecule has 2 N–H and O–H groups in total. The zero-order valence-corrected chi connectivity index (χ0v) is 17.6. The Bertz CT molecular complexity index is 986. The number of amides is 1. The zero-order chi connectivity index (χ0) is 21.5. The van der Waals surface area contributed by atoms with Gasteiger partial charge in [0.15, 0.2) is 0 Å². The highest BCUT2D eigenvalue weighted by molar-refractivity contribution is 6.04. The molecule has 2 heterocycles. The summed E-state index contributed by atoms with van der Waals surface area (Å²) >= 11 is 0. The summed E-state index contributed by atoms with van der Waals surface area (Å²) in [4.78, 5) is 27.7. The Balaban J connectivity index is 1.68. The van der Waals surface area contributed by atoms with Crippen molar-refractivity contribution in [1.82, 2.24) is 15.0 Å². The Hall–Kier alpha value is -3.68. The number of rotatable bonds is 8. The summed E-state index contributed by atoms with van der Waals surface area (Å²) in [5.41, 5.74) is 2.85. The maximum Gasteiger partial charge on any atom is 0.257 e. The number of aromatic nitrogens is 3. The van der Waals surface area contributed by atoms with Crippen molar-refractivity contribution in [3.8, 4) is 5.88 Å². The van der Waals surface area contributed by atoms with Crippen molar-refractivity contribution in [1.29, 1.82) is 0 Å². The molecule has 0 aliphatic rings. The summed E-state index contributed by atoms with van der Waals surface area (Å²) in [7, 11) is 1.53. The van der Waals surface area contributed by atoms with E-state index in [1.54, 1.807) is 12.1 Å². The van der Waals surface area contributed by atoms with E-state index in [0.29, 0.717) is 23.1 Å². The van der Waals surface area contributed by atoms with Gasteiger partial charge in [-0.2, -0.15) is 4.98 Å². The standard InChI is InChI=1S/C22H26N6O2/c1-5-28(6-2)19-13-15(3)24-22(27-19)26-18-10-8-17(9-11-18)25-21(29)16-7-12-20(30-4)23-14-16/h7-14H,5-6H2,1-4H3,(H,25,29)(H,24,26,27). The average Bonchev–Trinajstić information content (AvgIpc) is 2.75. The van der Waals surface area contributed by atoms with Gasteiger partial charge in [0.25, 0.3) is 5.91 Å². The monoisotopic (exact) mass is 406 g/mol. The van der Waals surface area contributed by atoms with E-state index >= 15 is 0 Å². The number of nitrogens with zero attached hydrogens (tertiary/aromatic N) is 4. The van der Waals surface area contributed by atoms with Gasteiger partial charge in [0.05, 0.1) is 12.7 Å². The predicted molar refractivity (Wildman–Crippen MR) is 119 cm³/mol. The summed E-state index contributed by atoms with van der Waals surface area (Å²) in [5, 5.41) is 6.08. The molecule has 0 aliphatic heterocycles. The molecule has 30 heavy (non-hydrogen) atoms. The van der Waals surface area contributed by atoms with Gasteiger partial charge >= 0.3 is 0 Å². The van der Waals surface area contributed by atoms with Crippen molar-refractivity contribution < 1.29 is 9.53 Å². The minimum Gasteiger partial charge on any atom is -0.481 e. The van der Waals surface area contributed by atoms with Crippen LogP contribution in [0, 0.1) is 6.92 Å². The minimum absolute atomic E-state index is 0.239. The smallest absolute Gasteiger partial charge is 0.257 e. The Kier molecular flexibility index (Phi) is 6.79. The zero-order valence-electron chi connectivity index (χ0n) is 17.6. The van der Waals surface area contributed by atoms with Crippen LogP contribution in [0.1, 0.15) is 29.9 Å². The number of benzene rings is 1. The molecule has 8 heteroatoms. The first kappa shape index (κ1) is 21.0. The first-order chi connectivity index (χ1) is 14.5. The van der Waals surface area contributed by atoms with Crippen LogP contribution >= 0.6 is 0 Å². The number of methoxy groups -OCH3 is 1. The highest BCUT2D eigenvalue weighted by atomic mass is 16.5. The molecule has 0 radical (unpaired) electrons. The molecule has 3 aromatic rings. The van der Waals surface area contributed by atoms with Crippen LogP contribution in [-0.4, -0.2) is 41.1 Å². The lowest BCUT2D eigenvalue weighted by Gasteiger charge is -2.20. The number of carbonyl (C=O) groups excluding carboxylic acids is 1. The lowest BCUT2D eigenvalue weighted by molar-refractivity contribution is 0.102. The molecule has 1 aromatic carbocycles. The second kappa shape index (κ2) is 9.69. The number of nitrogens with one attached hydrogen (secondary N) is 2. The van der Waals surface area contributed by atoms with Crippen LogP contribution in [0.4, 0.5) is 23.1 Å². The topological polar surface area (TPSA) is 92.3 Å². The van der Waals surface area contributed by atoms with Gasteiger partial charge in [-0.3, -0.25) is 4.79 Å². The first-order valence-corrected chi connectivity index (χ1v) is 9.81. The van der Waals surface area contributed by atoms with Crippen molar-refractivity contribution in [3.63, 3.8) is 0 Å². The third kappa shape index (κ3) is 5.22. The molecular formula is C22H26N6O2. The fourth-order valence-corrected chi connectivity index (χ4v) is 2.92. The molecule has 0 bridgehead atoms. The van der Waals surface area contributed by atoms with Crippen molar-refractivity contribution in [2.75, 3.05) is 35.7 Å². The molecule has 0 saturated carbocycles. The van der Waals surface area contributed by atoms with Gasteiger partial charge in [-0.25, -0.2) is 9.97 Å². The predicted octanol–water partition coefficient (Wildman–Crippen LogP) is 4.03. The van der Waals surface area contributed by atoms with Crippen molar-refractivity contribution >= 4 is 29.0 Å². The minimum atomic E-state index is -0.239. The maximum absolute atomic E-state index is 12.4. The molecule has 0 saturated heterocycles. The molecular weight excluding hydrogens is 380 g/mol. The average molecular weight is 406 g/mol. The lowest BCUT2D eigenvalue weighted by Crippen LogP contribution is -2.23. The Morgan fingerprint density at radius 2 is 1.73 bits per heavy atom. The molecule has 3 rings (SSSR count). The number of hydrogen-bond acceptors (Lipinski definition) is 7. The second-order valence-corrected chi connectivity index (χ2v) is 6.61. The van der Waals surface area contributed by atoms with E-state index in [4.69, 9.17) is 4.74 Å². The molecule has 0 fully saturated rings. The second-order valence-electron chi connectivity index (χ2n) is 6.61. The van der Waals surface area contributed by atoms with Crippen molar-refractivity contribution in [2.24, 2.45) is 0 Å². The van der Waals surface area contributed by atoms with Gasteiger partial charge in [-0.05, 0) is 51.1 Å². The van der Waals surface area contributed by atoms with Crippen LogP contribution in [0.25, 0.3) is 0 Å². The van der Waals surface area contributed by atoms with Gasteiger partial charge in [-0.15, -0.1) is 0 Å². The number of ether oxygens (including phenoxy) is 1. The van der Waals surface area contributed by atoms with E-state index in [0.717, 1.165) is 30.3 Å². The number of pyridine rings is 1. The number of carbonyl (C=O) groups is 1. The highest BCUT2D eigenvalue weighted by Gasteiger charge is 2.09. The van der Waals surface area contributed by atoms with E-state index < -0.39 is 0 Å². The molecule has 156 valence electrons. The van der Waals surface area contributed by atoms with Crippen LogP contribution < -0.4 is 20.3 Å². The SMILES string of the molecule is CCN(CC)c1cc(C)nc(Nc2ccc(NC(=O)c3ccc(OC)nc3)cc2)n1. The van der Waals surface area contributed by atoms with Crippen LogP contribution in [-0.2, 0) is 0 Å². The van der Waals surface area contributed by atoms with E-state index in [-0.39, 0.29) is 5.91 Å². The number of aryl methyl sites for hydroxylation is 1. The summed E-state index contributed by atoms with van der Waals surface area (Å²) < 4.78 is 5.01. The van der Waals surface area contributed by atoms with E-state index in [2.05, 4.69) is 44.3 Å². The fourth-order valence-electron chi connectivity index (χ4n) is 2.92. The Morgan fingerprint density at radius 3 is 2.33 bits per heavy atom. The van der Waals surface area contributed by atoms with E-state index in [1.807, 2.05) is 37.3 Å².